The van der Waals surface area contributed by atoms with Gasteiger partial charge in [-0.3, -0.25) is 9.59 Å². The molecule has 2 N–H and O–H groups in total. The number of ether oxygens (including phenoxy) is 1. The second-order valence-electron chi connectivity index (χ2n) is 6.98. The van der Waals surface area contributed by atoms with E-state index in [1.165, 1.54) is 11.8 Å². The van der Waals surface area contributed by atoms with E-state index in [2.05, 4.69) is 27.4 Å². The van der Waals surface area contributed by atoms with Gasteiger partial charge in [0.25, 0.3) is 5.91 Å². The Hall–Kier alpha value is -3.30. The largest absolute Gasteiger partial charge is 0.495 e. The fraction of sp³-hybridized carbons (Fsp3) is 0.217. The molecule has 8 nitrogen and oxygen atoms in total. The molecule has 0 aliphatic carbocycles. The summed E-state index contributed by atoms with van der Waals surface area (Å²) in [5.41, 5.74) is 1.04. The quantitative estimate of drug-likeness (QED) is 0.327. The van der Waals surface area contributed by atoms with Gasteiger partial charge >= 0.3 is 0 Å². The number of amides is 2. The molecular weight excluding hydrogens is 462 g/mol. The fourth-order valence-electron chi connectivity index (χ4n) is 3.07. The van der Waals surface area contributed by atoms with Crippen molar-refractivity contribution in [2.45, 2.75) is 24.7 Å². The van der Waals surface area contributed by atoms with E-state index in [1.807, 2.05) is 23.6 Å². The Labute approximate surface area is 201 Å². The van der Waals surface area contributed by atoms with Crippen LogP contribution in [0.2, 0.25) is 5.02 Å². The van der Waals surface area contributed by atoms with Crippen molar-refractivity contribution >= 4 is 40.9 Å². The van der Waals surface area contributed by atoms with Crippen molar-refractivity contribution in [2.75, 3.05) is 18.2 Å². The molecule has 1 atom stereocenters. The molecule has 10 heteroatoms. The van der Waals surface area contributed by atoms with Crippen LogP contribution in [0, 0.1) is 0 Å². The lowest BCUT2D eigenvalue weighted by Gasteiger charge is -2.15. The van der Waals surface area contributed by atoms with Gasteiger partial charge in [-0.15, -0.1) is 16.8 Å². The number of carbonyl (C=O) groups is 2. The summed E-state index contributed by atoms with van der Waals surface area (Å²) in [6.07, 6.45) is 1.71. The molecule has 0 aliphatic heterocycles. The number of para-hydroxylation sites is 2. The zero-order valence-electron chi connectivity index (χ0n) is 18.2. The predicted molar refractivity (Wildman–Crippen MR) is 130 cm³/mol. The minimum atomic E-state index is -0.430. The fourth-order valence-corrected chi connectivity index (χ4v) is 4.01. The topological polar surface area (TPSA) is 98.1 Å². The van der Waals surface area contributed by atoms with Crippen molar-refractivity contribution in [1.29, 1.82) is 0 Å². The Bertz CT molecular complexity index is 1150. The van der Waals surface area contributed by atoms with Crippen LogP contribution >= 0.6 is 23.4 Å². The van der Waals surface area contributed by atoms with Crippen LogP contribution in [0.4, 0.5) is 5.69 Å². The third-order valence-corrected chi connectivity index (χ3v) is 5.79. The Balaban J connectivity index is 1.67. The average Bonchev–Trinajstić information content (AvgIpc) is 3.21. The molecule has 1 heterocycles. The standard InChI is InChI=1S/C23H24ClN5O3S/c1-4-12-29-21(15(2)25-22(31)16-8-7-9-17(24)13-16)27-28-23(29)33-14-20(30)26-18-10-5-6-11-19(18)32-3/h4-11,13,15H,1,12,14H2,2-3H3,(H,25,31)(H,26,30). The van der Waals surface area contributed by atoms with Crippen molar-refractivity contribution in [3.63, 3.8) is 0 Å². The second-order valence-corrected chi connectivity index (χ2v) is 8.36. The molecule has 1 unspecified atom stereocenters. The number of nitrogens with zero attached hydrogens (tertiary/aromatic N) is 3. The number of carbonyl (C=O) groups excluding carboxylic acids is 2. The number of anilines is 1. The Kier molecular flexibility index (Phi) is 8.51. The first-order chi connectivity index (χ1) is 15.9. The van der Waals surface area contributed by atoms with Crippen LogP contribution in [0.25, 0.3) is 0 Å². The minimum absolute atomic E-state index is 0.122. The molecule has 0 spiro atoms. The highest BCUT2D eigenvalue weighted by Gasteiger charge is 2.20. The van der Waals surface area contributed by atoms with E-state index in [1.54, 1.807) is 49.6 Å². The Morgan fingerprint density at radius 1 is 1.24 bits per heavy atom. The molecule has 33 heavy (non-hydrogen) atoms. The molecule has 1 aromatic heterocycles. The van der Waals surface area contributed by atoms with Crippen molar-refractivity contribution in [2.24, 2.45) is 0 Å². The first-order valence-corrected chi connectivity index (χ1v) is 11.5. The smallest absolute Gasteiger partial charge is 0.251 e. The SMILES string of the molecule is C=CCn1c(SCC(=O)Nc2ccccc2OC)nnc1C(C)NC(=O)c1cccc(Cl)c1. The summed E-state index contributed by atoms with van der Waals surface area (Å²) in [6, 6.07) is 13.5. The number of benzene rings is 2. The molecule has 3 rings (SSSR count). The normalized spacial score (nSPS) is 11.5. The highest BCUT2D eigenvalue weighted by atomic mass is 35.5. The number of allylic oxidation sites excluding steroid dienone is 1. The van der Waals surface area contributed by atoms with Gasteiger partial charge in [-0.1, -0.05) is 47.6 Å². The van der Waals surface area contributed by atoms with Gasteiger partial charge in [0.2, 0.25) is 5.91 Å². The van der Waals surface area contributed by atoms with E-state index >= 15 is 0 Å². The zero-order chi connectivity index (χ0) is 23.8. The van der Waals surface area contributed by atoms with E-state index < -0.39 is 6.04 Å². The van der Waals surface area contributed by atoms with Gasteiger partial charge in [0.05, 0.1) is 24.6 Å². The van der Waals surface area contributed by atoms with Crippen LogP contribution in [0.1, 0.15) is 29.1 Å². The number of hydrogen-bond donors (Lipinski definition) is 2. The van der Waals surface area contributed by atoms with Crippen LogP contribution in [-0.4, -0.2) is 39.4 Å². The van der Waals surface area contributed by atoms with Gasteiger partial charge in [-0.05, 0) is 37.3 Å². The van der Waals surface area contributed by atoms with Crippen molar-refractivity contribution < 1.29 is 14.3 Å². The van der Waals surface area contributed by atoms with Crippen LogP contribution in [-0.2, 0) is 11.3 Å². The number of hydrogen-bond acceptors (Lipinski definition) is 6. The lowest BCUT2D eigenvalue weighted by atomic mass is 10.2. The molecule has 0 radical (unpaired) electrons. The van der Waals surface area contributed by atoms with Crippen molar-refractivity contribution in [3.8, 4) is 5.75 Å². The monoisotopic (exact) mass is 485 g/mol. The lowest BCUT2D eigenvalue weighted by Crippen LogP contribution is -2.28. The van der Waals surface area contributed by atoms with Crippen LogP contribution in [0.15, 0.2) is 66.3 Å². The highest BCUT2D eigenvalue weighted by Crippen LogP contribution is 2.25. The van der Waals surface area contributed by atoms with Crippen LogP contribution < -0.4 is 15.4 Å². The third-order valence-electron chi connectivity index (χ3n) is 4.59. The Morgan fingerprint density at radius 2 is 2.03 bits per heavy atom. The molecule has 0 aliphatic rings. The number of halogens is 1. The minimum Gasteiger partial charge on any atom is -0.495 e. The maximum Gasteiger partial charge on any atom is 0.251 e. The summed E-state index contributed by atoms with van der Waals surface area (Å²) in [4.78, 5) is 25.0. The van der Waals surface area contributed by atoms with E-state index in [0.717, 1.165) is 0 Å². The Morgan fingerprint density at radius 3 is 2.76 bits per heavy atom. The number of nitrogens with one attached hydrogen (secondary N) is 2. The van der Waals surface area contributed by atoms with Crippen LogP contribution in [0.5, 0.6) is 5.75 Å². The van der Waals surface area contributed by atoms with Gasteiger partial charge in [0.15, 0.2) is 11.0 Å². The highest BCUT2D eigenvalue weighted by molar-refractivity contribution is 7.99. The average molecular weight is 486 g/mol. The summed E-state index contributed by atoms with van der Waals surface area (Å²) < 4.78 is 7.08. The molecule has 0 bridgehead atoms. The van der Waals surface area contributed by atoms with Gasteiger partial charge < -0.3 is 19.9 Å². The molecule has 2 aromatic carbocycles. The van der Waals surface area contributed by atoms with Gasteiger partial charge in [-0.25, -0.2) is 0 Å². The van der Waals surface area contributed by atoms with Crippen LogP contribution in [0.3, 0.4) is 0 Å². The number of thioether (sulfide) groups is 1. The summed E-state index contributed by atoms with van der Waals surface area (Å²) in [7, 11) is 1.55. The van der Waals surface area contributed by atoms with Crippen molar-refractivity contribution in [1.82, 2.24) is 20.1 Å². The molecule has 3 aromatic rings. The van der Waals surface area contributed by atoms with Gasteiger partial charge in [0, 0.05) is 17.1 Å². The number of aromatic nitrogens is 3. The number of rotatable bonds is 10. The molecule has 2 amide bonds. The maximum absolute atomic E-state index is 12.6. The number of methoxy groups -OCH3 is 1. The second kappa shape index (κ2) is 11.5. The summed E-state index contributed by atoms with van der Waals surface area (Å²) in [5.74, 6) is 0.775. The summed E-state index contributed by atoms with van der Waals surface area (Å²) >= 11 is 7.22. The van der Waals surface area contributed by atoms with E-state index in [-0.39, 0.29) is 17.6 Å². The first kappa shape index (κ1) is 24.3. The molecule has 0 saturated heterocycles. The first-order valence-electron chi connectivity index (χ1n) is 10.1. The lowest BCUT2D eigenvalue weighted by molar-refractivity contribution is -0.113. The molecule has 0 saturated carbocycles. The molecule has 172 valence electrons. The summed E-state index contributed by atoms with van der Waals surface area (Å²) in [5, 5.41) is 15.2. The zero-order valence-corrected chi connectivity index (χ0v) is 19.8. The van der Waals surface area contributed by atoms with E-state index in [9.17, 15) is 9.59 Å². The molecule has 0 fully saturated rings. The van der Waals surface area contributed by atoms with Gasteiger partial charge in [0.1, 0.15) is 5.75 Å². The maximum atomic E-state index is 12.6. The molecular formula is C23H24ClN5O3S. The third kappa shape index (κ3) is 6.36. The van der Waals surface area contributed by atoms with Crippen molar-refractivity contribution in [3.05, 3.63) is 77.6 Å². The predicted octanol–water partition coefficient (Wildman–Crippen LogP) is 4.35. The summed E-state index contributed by atoms with van der Waals surface area (Å²) in [6.45, 7) is 6.03. The van der Waals surface area contributed by atoms with E-state index in [4.69, 9.17) is 16.3 Å². The van der Waals surface area contributed by atoms with E-state index in [0.29, 0.717) is 39.5 Å². The van der Waals surface area contributed by atoms with Gasteiger partial charge in [-0.2, -0.15) is 0 Å².